The van der Waals surface area contributed by atoms with E-state index >= 15 is 0 Å². The summed E-state index contributed by atoms with van der Waals surface area (Å²) in [7, 11) is 1.90. The van der Waals surface area contributed by atoms with Crippen molar-refractivity contribution in [1.82, 2.24) is 34.8 Å². The van der Waals surface area contributed by atoms with Gasteiger partial charge in [0, 0.05) is 52.4 Å². The first-order valence-electron chi connectivity index (χ1n) is 14.3. The molecule has 1 fully saturated rings. The fourth-order valence-electron chi connectivity index (χ4n) is 4.68. The van der Waals surface area contributed by atoms with Gasteiger partial charge in [0.15, 0.2) is 5.76 Å². The number of rotatable bonds is 12. The molecule has 230 valence electrons. The van der Waals surface area contributed by atoms with Crippen LogP contribution in [0, 0.1) is 11.7 Å². The van der Waals surface area contributed by atoms with Gasteiger partial charge in [0.25, 0.3) is 5.78 Å². The Morgan fingerprint density at radius 2 is 1.98 bits per heavy atom. The number of ether oxygens (including phenoxy) is 1. The van der Waals surface area contributed by atoms with Crippen molar-refractivity contribution >= 4 is 29.3 Å². The molecule has 1 aliphatic heterocycles. The normalized spacial score (nSPS) is 14.8. The number of benzene rings is 1. The van der Waals surface area contributed by atoms with Crippen LogP contribution in [0.2, 0.25) is 0 Å². The molecule has 1 amide bonds. The van der Waals surface area contributed by atoms with Crippen LogP contribution in [-0.4, -0.2) is 101 Å². The first-order valence-corrected chi connectivity index (χ1v) is 14.3. The minimum Gasteiger partial charge on any atom is -0.492 e. The number of carbonyl (C=O) groups is 1. The molecule has 0 aliphatic carbocycles. The van der Waals surface area contributed by atoms with Crippen molar-refractivity contribution in [2.45, 2.75) is 19.9 Å². The minimum atomic E-state index is -0.565. The molecule has 0 saturated carbocycles. The molecule has 1 aromatic carbocycles. The van der Waals surface area contributed by atoms with Crippen molar-refractivity contribution in [2.24, 2.45) is 11.7 Å². The van der Waals surface area contributed by atoms with Crippen molar-refractivity contribution < 1.29 is 18.3 Å². The molecule has 3 aromatic heterocycles. The van der Waals surface area contributed by atoms with Crippen molar-refractivity contribution in [2.75, 3.05) is 75.0 Å². The molecule has 1 saturated heterocycles. The third-order valence-corrected chi connectivity index (χ3v) is 7.38. The molecule has 1 atom stereocenters. The van der Waals surface area contributed by atoms with Crippen LogP contribution < -0.4 is 31.3 Å². The summed E-state index contributed by atoms with van der Waals surface area (Å²) in [6, 6.07) is 7.83. The number of hydrogen-bond acceptors (Lipinski definition) is 12. The van der Waals surface area contributed by atoms with Gasteiger partial charge in [-0.1, -0.05) is 13.8 Å². The molecule has 0 bridgehead atoms. The zero-order chi connectivity index (χ0) is 30.5. The van der Waals surface area contributed by atoms with E-state index in [1.807, 2.05) is 30.7 Å². The second kappa shape index (κ2) is 13.2. The van der Waals surface area contributed by atoms with E-state index in [1.165, 1.54) is 10.6 Å². The van der Waals surface area contributed by atoms with Gasteiger partial charge in [0.1, 0.15) is 18.2 Å². The van der Waals surface area contributed by atoms with Crippen LogP contribution in [0.5, 0.6) is 5.75 Å². The topological polar surface area (TPSA) is 169 Å². The van der Waals surface area contributed by atoms with E-state index < -0.39 is 6.04 Å². The molecule has 43 heavy (non-hydrogen) atoms. The van der Waals surface area contributed by atoms with Gasteiger partial charge in [0.2, 0.25) is 23.6 Å². The van der Waals surface area contributed by atoms with Crippen molar-refractivity contribution in [3.63, 3.8) is 0 Å². The Bertz CT molecular complexity index is 1520. The lowest BCUT2D eigenvalue weighted by Gasteiger charge is -2.36. The molecule has 1 aliphatic rings. The Labute approximate surface area is 248 Å². The molecule has 0 spiro atoms. The number of halogens is 1. The van der Waals surface area contributed by atoms with Crippen LogP contribution in [0.1, 0.15) is 13.8 Å². The summed E-state index contributed by atoms with van der Waals surface area (Å²) in [5, 5.41) is 7.07. The zero-order valence-electron chi connectivity index (χ0n) is 24.6. The Hall–Kier alpha value is -4.50. The average molecular weight is 596 g/mol. The predicted molar refractivity (Wildman–Crippen MR) is 160 cm³/mol. The third-order valence-electron chi connectivity index (χ3n) is 7.38. The molecule has 4 heterocycles. The van der Waals surface area contributed by atoms with E-state index in [1.54, 1.807) is 30.5 Å². The van der Waals surface area contributed by atoms with Crippen molar-refractivity contribution in [3.8, 4) is 17.3 Å². The van der Waals surface area contributed by atoms with Crippen molar-refractivity contribution in [1.29, 1.82) is 0 Å². The number of nitrogen functional groups attached to an aromatic ring is 1. The summed E-state index contributed by atoms with van der Waals surface area (Å²) in [5.74, 6) is 1.77. The lowest BCUT2D eigenvalue weighted by Crippen LogP contribution is -2.48. The fraction of sp³-hybridized carbons (Fsp3) is 0.464. The highest BCUT2D eigenvalue weighted by Gasteiger charge is 2.21. The van der Waals surface area contributed by atoms with Gasteiger partial charge < -0.3 is 35.7 Å². The summed E-state index contributed by atoms with van der Waals surface area (Å²) in [4.78, 5) is 31.6. The number of anilines is 3. The summed E-state index contributed by atoms with van der Waals surface area (Å²) in [5.41, 5.74) is 12.5. The largest absolute Gasteiger partial charge is 0.492 e. The average Bonchev–Trinajstić information content (AvgIpc) is 3.69. The Kier molecular flexibility index (Phi) is 9.21. The van der Waals surface area contributed by atoms with Crippen LogP contribution in [0.15, 0.2) is 41.0 Å². The van der Waals surface area contributed by atoms with Gasteiger partial charge in [-0.25, -0.2) is 4.39 Å². The second-order valence-electron chi connectivity index (χ2n) is 10.8. The maximum Gasteiger partial charge on any atom is 0.259 e. The van der Waals surface area contributed by atoms with Gasteiger partial charge >= 0.3 is 0 Å². The highest BCUT2D eigenvalue weighted by atomic mass is 19.1. The van der Waals surface area contributed by atoms with Crippen LogP contribution in [0.3, 0.4) is 0 Å². The van der Waals surface area contributed by atoms with E-state index in [0.717, 1.165) is 19.6 Å². The molecule has 15 heteroatoms. The number of amides is 1. The molecule has 4 aromatic rings. The monoisotopic (exact) mass is 595 g/mol. The third kappa shape index (κ3) is 7.11. The van der Waals surface area contributed by atoms with Gasteiger partial charge in [0.05, 0.1) is 24.5 Å². The molecular weight excluding hydrogens is 557 g/mol. The molecule has 5 rings (SSSR count). The van der Waals surface area contributed by atoms with Gasteiger partial charge in [-0.3, -0.25) is 9.69 Å². The van der Waals surface area contributed by atoms with Crippen LogP contribution in [0.25, 0.3) is 17.4 Å². The SMILES string of the molecule is CC(C)[C@H](N)C(=O)NCCOc1ccc(N2CCN(CCN(C)c3nc(N)n4nc(-c5ccco5)nc4n3)CC2)c(F)c1. The Morgan fingerprint density at radius 3 is 2.67 bits per heavy atom. The summed E-state index contributed by atoms with van der Waals surface area (Å²) >= 11 is 0. The fourth-order valence-corrected chi connectivity index (χ4v) is 4.68. The van der Waals surface area contributed by atoms with Crippen molar-refractivity contribution in [3.05, 3.63) is 42.4 Å². The van der Waals surface area contributed by atoms with Gasteiger partial charge in [-0.2, -0.15) is 19.5 Å². The first kappa shape index (κ1) is 30.0. The Balaban J connectivity index is 1.08. The Morgan fingerprint density at radius 1 is 1.19 bits per heavy atom. The number of hydrogen-bond donors (Lipinski definition) is 3. The molecular formula is C28H38FN11O3. The van der Waals surface area contributed by atoms with Gasteiger partial charge in [-0.05, 0) is 30.2 Å². The molecule has 14 nitrogen and oxygen atoms in total. The van der Waals surface area contributed by atoms with Crippen LogP contribution >= 0.6 is 0 Å². The lowest BCUT2D eigenvalue weighted by molar-refractivity contribution is -0.123. The number of likely N-dealkylation sites (N-methyl/N-ethyl adjacent to an activating group) is 1. The van der Waals surface area contributed by atoms with E-state index in [4.69, 9.17) is 20.6 Å². The molecule has 0 radical (unpaired) electrons. The zero-order valence-corrected chi connectivity index (χ0v) is 24.6. The standard InChI is InChI=1S/C28H38FN11O3/c1-18(2)23(30)25(41)32-8-16-42-19-6-7-21(20(29)17-19)39-13-11-38(12-14-39)10-9-37(3)27-34-26(31)40-28(35-27)33-24(36-40)22-5-4-15-43-22/h4-7,15,17-18,23H,8-14,16,30H2,1-3H3,(H,32,41)(H2,31,33,34,35,36)/t23-/m0/s1. The van der Waals surface area contributed by atoms with E-state index in [0.29, 0.717) is 60.9 Å². The minimum absolute atomic E-state index is 0.0462. The van der Waals surface area contributed by atoms with Gasteiger partial charge in [-0.15, -0.1) is 5.10 Å². The van der Waals surface area contributed by atoms with Crippen LogP contribution in [0.4, 0.5) is 22.0 Å². The quantitative estimate of drug-likeness (QED) is 0.201. The summed E-state index contributed by atoms with van der Waals surface area (Å²) in [6.07, 6.45) is 1.55. The van der Waals surface area contributed by atoms with E-state index in [-0.39, 0.29) is 30.2 Å². The second-order valence-corrected chi connectivity index (χ2v) is 10.8. The maximum atomic E-state index is 15.0. The number of nitrogens with zero attached hydrogens (tertiary/aromatic N) is 8. The first-order chi connectivity index (χ1) is 20.7. The summed E-state index contributed by atoms with van der Waals surface area (Å²) < 4.78 is 27.3. The predicted octanol–water partition coefficient (Wildman–Crippen LogP) is 1.24. The highest BCUT2D eigenvalue weighted by molar-refractivity contribution is 5.81. The molecule has 5 N–H and O–H groups in total. The number of fused-ring (bicyclic) bond motifs is 1. The van der Waals surface area contributed by atoms with E-state index in [2.05, 4.69) is 30.3 Å². The van der Waals surface area contributed by atoms with E-state index in [9.17, 15) is 9.18 Å². The number of furan rings is 1. The number of aromatic nitrogens is 5. The number of carbonyl (C=O) groups excluding carboxylic acids is 1. The highest BCUT2D eigenvalue weighted by Crippen LogP contribution is 2.25. The number of nitrogens with two attached hydrogens (primary N) is 2. The number of nitrogens with one attached hydrogen (secondary N) is 1. The van der Waals surface area contributed by atoms with Crippen LogP contribution in [-0.2, 0) is 4.79 Å². The molecule has 0 unspecified atom stereocenters. The number of piperazine rings is 1. The maximum absolute atomic E-state index is 15.0. The smallest absolute Gasteiger partial charge is 0.259 e. The lowest BCUT2D eigenvalue weighted by atomic mass is 10.1. The summed E-state index contributed by atoms with van der Waals surface area (Å²) in [6.45, 7) is 8.66.